The molecule has 0 spiro atoms. The lowest BCUT2D eigenvalue weighted by Crippen LogP contribution is -2.31. The Morgan fingerprint density at radius 1 is 1.15 bits per heavy atom. The molecule has 1 aliphatic rings. The van der Waals surface area contributed by atoms with Gasteiger partial charge in [-0.15, -0.1) is 10.2 Å². The summed E-state index contributed by atoms with van der Waals surface area (Å²) < 4.78 is 1.88. The van der Waals surface area contributed by atoms with Crippen LogP contribution in [0, 0.1) is 13.8 Å². The van der Waals surface area contributed by atoms with E-state index in [9.17, 15) is 9.59 Å². The fourth-order valence-electron chi connectivity index (χ4n) is 4.05. The highest BCUT2D eigenvalue weighted by Crippen LogP contribution is 2.33. The topological polar surface area (TPSA) is 80.1 Å². The van der Waals surface area contributed by atoms with Crippen LogP contribution in [0.4, 0.5) is 5.69 Å². The number of halogens is 1. The Kier molecular flexibility index (Phi) is 7.05. The van der Waals surface area contributed by atoms with Crippen molar-refractivity contribution in [3.63, 3.8) is 0 Å². The van der Waals surface area contributed by atoms with E-state index in [4.69, 9.17) is 11.6 Å². The van der Waals surface area contributed by atoms with Crippen LogP contribution in [0.5, 0.6) is 0 Å². The van der Waals surface area contributed by atoms with Crippen molar-refractivity contribution in [1.29, 1.82) is 0 Å². The molecule has 0 aliphatic carbocycles. The molecule has 2 aromatic carbocycles. The van der Waals surface area contributed by atoms with Gasteiger partial charge in [0.1, 0.15) is 0 Å². The largest absolute Gasteiger partial charge is 0.328 e. The summed E-state index contributed by atoms with van der Waals surface area (Å²) in [6, 6.07) is 12.7. The van der Waals surface area contributed by atoms with E-state index in [1.54, 1.807) is 24.3 Å². The monoisotopic (exact) mass is 483 g/mol. The van der Waals surface area contributed by atoms with Crippen molar-refractivity contribution in [1.82, 2.24) is 19.7 Å². The minimum atomic E-state index is -0.149. The molecule has 1 aromatic heterocycles. The molecule has 1 aliphatic heterocycles. The Bertz CT molecular complexity index is 1180. The zero-order valence-electron chi connectivity index (χ0n) is 18.8. The van der Waals surface area contributed by atoms with Gasteiger partial charge in [-0.3, -0.25) is 9.59 Å². The summed E-state index contributed by atoms with van der Waals surface area (Å²) in [4.78, 5) is 27.4. The molecular weight excluding hydrogens is 458 g/mol. The first kappa shape index (κ1) is 23.3. The van der Waals surface area contributed by atoms with E-state index in [0.29, 0.717) is 22.3 Å². The number of benzene rings is 2. The summed E-state index contributed by atoms with van der Waals surface area (Å²) in [6.45, 7) is 4.66. The number of rotatable bonds is 6. The van der Waals surface area contributed by atoms with Crippen molar-refractivity contribution in [2.45, 2.75) is 37.9 Å². The van der Waals surface area contributed by atoms with Crippen LogP contribution in [0.3, 0.4) is 0 Å². The summed E-state index contributed by atoms with van der Waals surface area (Å²) in [6.07, 6.45) is 1.72. The molecule has 33 heavy (non-hydrogen) atoms. The van der Waals surface area contributed by atoms with Gasteiger partial charge in [0.05, 0.1) is 11.8 Å². The van der Waals surface area contributed by atoms with Crippen molar-refractivity contribution >= 4 is 40.9 Å². The average molecular weight is 484 g/mol. The molecule has 0 saturated carbocycles. The van der Waals surface area contributed by atoms with Crippen molar-refractivity contribution in [3.05, 3.63) is 70.0 Å². The number of aromatic nitrogens is 3. The maximum atomic E-state index is 13.1. The third-order valence-corrected chi connectivity index (χ3v) is 7.03. The van der Waals surface area contributed by atoms with E-state index < -0.39 is 0 Å². The third kappa shape index (κ3) is 5.23. The van der Waals surface area contributed by atoms with Crippen molar-refractivity contribution < 1.29 is 9.59 Å². The van der Waals surface area contributed by atoms with Gasteiger partial charge in [-0.25, -0.2) is 0 Å². The van der Waals surface area contributed by atoms with Crippen molar-refractivity contribution in [3.8, 4) is 0 Å². The standard InChI is InChI=1S/C24H26ClN5O2S/c1-15-6-11-19(16(2)13-15)26-21(31)14-33-24-28-27-22(29(24)3)20-5-4-12-30(20)23(32)17-7-9-18(25)10-8-17/h6-11,13,20H,4-5,12,14H2,1-3H3,(H,26,31). The molecule has 1 saturated heterocycles. The number of aryl methyl sites for hydroxylation is 2. The van der Waals surface area contributed by atoms with Gasteiger partial charge >= 0.3 is 0 Å². The summed E-state index contributed by atoms with van der Waals surface area (Å²) in [5.41, 5.74) is 3.60. The lowest BCUT2D eigenvalue weighted by Gasteiger charge is -2.24. The number of nitrogens with zero attached hydrogens (tertiary/aromatic N) is 4. The molecule has 4 rings (SSSR count). The molecule has 1 unspecified atom stereocenters. The molecule has 9 heteroatoms. The molecule has 0 bridgehead atoms. The molecule has 1 fully saturated rings. The Labute approximate surface area is 202 Å². The van der Waals surface area contributed by atoms with Crippen LogP contribution in [-0.2, 0) is 11.8 Å². The molecular formula is C24H26ClN5O2S. The number of likely N-dealkylation sites (tertiary alicyclic amines) is 1. The van der Waals surface area contributed by atoms with Gasteiger partial charge in [-0.1, -0.05) is 41.1 Å². The third-order valence-electron chi connectivity index (χ3n) is 5.76. The summed E-state index contributed by atoms with van der Waals surface area (Å²) >= 11 is 7.29. The van der Waals surface area contributed by atoms with Gasteiger partial charge in [-0.05, 0) is 62.6 Å². The molecule has 0 radical (unpaired) electrons. The second-order valence-electron chi connectivity index (χ2n) is 8.22. The number of nitrogens with one attached hydrogen (secondary N) is 1. The first-order valence-electron chi connectivity index (χ1n) is 10.8. The van der Waals surface area contributed by atoms with Gasteiger partial charge in [0.2, 0.25) is 5.91 Å². The number of anilines is 1. The zero-order valence-corrected chi connectivity index (χ0v) is 20.4. The van der Waals surface area contributed by atoms with Gasteiger partial charge in [0.15, 0.2) is 11.0 Å². The highest BCUT2D eigenvalue weighted by molar-refractivity contribution is 7.99. The molecule has 1 atom stereocenters. The fraction of sp³-hybridized carbons (Fsp3) is 0.333. The SMILES string of the molecule is Cc1ccc(NC(=O)CSc2nnc(C3CCCN3C(=O)c3ccc(Cl)cc3)n2C)c(C)c1. The average Bonchev–Trinajstić information content (AvgIpc) is 3.41. The first-order valence-corrected chi connectivity index (χ1v) is 12.2. The van der Waals surface area contributed by atoms with Crippen LogP contribution in [0.15, 0.2) is 47.6 Å². The van der Waals surface area contributed by atoms with Crippen LogP contribution in [-0.4, -0.2) is 43.8 Å². The van der Waals surface area contributed by atoms with Crippen LogP contribution in [0.1, 0.15) is 46.2 Å². The van der Waals surface area contributed by atoms with Crippen molar-refractivity contribution in [2.75, 3.05) is 17.6 Å². The zero-order chi connectivity index (χ0) is 23.5. The smallest absolute Gasteiger partial charge is 0.254 e. The second-order valence-corrected chi connectivity index (χ2v) is 9.60. The molecule has 2 amide bonds. The number of carbonyl (C=O) groups excluding carboxylic acids is 2. The molecule has 7 nitrogen and oxygen atoms in total. The molecule has 172 valence electrons. The minimum Gasteiger partial charge on any atom is -0.328 e. The first-order chi connectivity index (χ1) is 15.8. The van der Waals surface area contributed by atoms with Crippen LogP contribution < -0.4 is 5.32 Å². The number of hydrogen-bond acceptors (Lipinski definition) is 5. The number of hydrogen-bond donors (Lipinski definition) is 1. The summed E-state index contributed by atoms with van der Waals surface area (Å²) in [7, 11) is 1.88. The van der Waals surface area contributed by atoms with Crippen LogP contribution in [0.25, 0.3) is 0 Å². The van der Waals surface area contributed by atoms with Crippen molar-refractivity contribution in [2.24, 2.45) is 7.05 Å². The van der Waals surface area contributed by atoms with Crippen LogP contribution in [0.2, 0.25) is 5.02 Å². The maximum absolute atomic E-state index is 13.1. The maximum Gasteiger partial charge on any atom is 0.254 e. The predicted octanol–water partition coefficient (Wildman–Crippen LogP) is 4.79. The number of amides is 2. The van der Waals surface area contributed by atoms with E-state index in [2.05, 4.69) is 15.5 Å². The van der Waals surface area contributed by atoms with Gasteiger partial charge in [0, 0.05) is 29.9 Å². The lowest BCUT2D eigenvalue weighted by molar-refractivity contribution is -0.113. The Morgan fingerprint density at radius 3 is 2.64 bits per heavy atom. The summed E-state index contributed by atoms with van der Waals surface area (Å²) in [5.74, 6) is 0.806. The number of carbonyl (C=O) groups is 2. The van der Waals surface area contributed by atoms with Gasteiger partial charge in [0.25, 0.3) is 5.91 Å². The van der Waals surface area contributed by atoms with E-state index >= 15 is 0 Å². The Morgan fingerprint density at radius 2 is 1.91 bits per heavy atom. The Balaban J connectivity index is 1.42. The fourth-order valence-corrected chi connectivity index (χ4v) is 4.89. The molecule has 1 N–H and O–H groups in total. The van der Waals surface area contributed by atoms with Gasteiger partial charge in [-0.2, -0.15) is 0 Å². The van der Waals surface area contributed by atoms with E-state index in [1.165, 1.54) is 11.8 Å². The highest BCUT2D eigenvalue weighted by atomic mass is 35.5. The van der Waals surface area contributed by atoms with Crippen LogP contribution >= 0.6 is 23.4 Å². The normalized spacial score (nSPS) is 15.6. The predicted molar refractivity (Wildman–Crippen MR) is 131 cm³/mol. The Hall–Kier alpha value is -2.84. The van der Waals surface area contributed by atoms with E-state index in [0.717, 1.165) is 35.5 Å². The van der Waals surface area contributed by atoms with Gasteiger partial charge < -0.3 is 14.8 Å². The minimum absolute atomic E-state index is 0.0424. The molecule has 3 aromatic rings. The molecule has 2 heterocycles. The van der Waals surface area contributed by atoms with E-state index in [1.807, 2.05) is 48.6 Å². The van der Waals surface area contributed by atoms with E-state index in [-0.39, 0.29) is 23.6 Å². The lowest BCUT2D eigenvalue weighted by atomic mass is 10.1. The summed E-state index contributed by atoms with van der Waals surface area (Å²) in [5, 5.41) is 12.9. The number of thioether (sulfide) groups is 1. The quantitative estimate of drug-likeness (QED) is 0.510. The highest BCUT2D eigenvalue weighted by Gasteiger charge is 2.34. The second kappa shape index (κ2) is 9.97.